The number of nitrogens with zero attached hydrogens (tertiary/aromatic N) is 2. The molecular weight excluding hydrogens is 284 g/mol. The lowest BCUT2D eigenvalue weighted by Crippen LogP contribution is -2.44. The van der Waals surface area contributed by atoms with Gasteiger partial charge in [0.25, 0.3) is 0 Å². The number of rotatable bonds is 5. The van der Waals surface area contributed by atoms with E-state index in [4.69, 9.17) is 0 Å². The molecule has 1 saturated heterocycles. The van der Waals surface area contributed by atoms with Crippen LogP contribution in [-0.2, 0) is 4.79 Å². The molecule has 1 aromatic carbocycles. The van der Waals surface area contributed by atoms with Crippen molar-refractivity contribution in [3.05, 3.63) is 42.0 Å². The van der Waals surface area contributed by atoms with Crippen molar-refractivity contribution in [1.29, 1.82) is 0 Å². The van der Waals surface area contributed by atoms with Crippen LogP contribution in [-0.4, -0.2) is 49.4 Å². The van der Waals surface area contributed by atoms with E-state index in [1.54, 1.807) is 6.08 Å². The summed E-state index contributed by atoms with van der Waals surface area (Å²) in [5.41, 5.74) is 1.38. The maximum Gasteiger partial charge on any atom is 0.246 e. The molecule has 0 radical (unpaired) electrons. The Morgan fingerprint density at radius 1 is 1.22 bits per heavy atom. The molecule has 0 spiro atoms. The quantitative estimate of drug-likeness (QED) is 0.776. The van der Waals surface area contributed by atoms with Gasteiger partial charge in [-0.2, -0.15) is 0 Å². The van der Waals surface area contributed by atoms with Crippen molar-refractivity contribution in [2.45, 2.75) is 26.7 Å². The lowest BCUT2D eigenvalue weighted by molar-refractivity contribution is -0.127. The minimum Gasteiger partial charge on any atom is -0.339 e. The molecule has 23 heavy (non-hydrogen) atoms. The normalized spacial score (nSPS) is 17.2. The second kappa shape index (κ2) is 7.78. The zero-order valence-electron chi connectivity index (χ0n) is 15.0. The van der Waals surface area contributed by atoms with Crippen molar-refractivity contribution in [3.8, 4) is 0 Å². The maximum atomic E-state index is 12.3. The molecule has 0 saturated carbocycles. The fraction of sp³-hybridized carbons (Fsp3) is 0.550. The van der Waals surface area contributed by atoms with Gasteiger partial charge in [-0.15, -0.1) is 0 Å². The van der Waals surface area contributed by atoms with Gasteiger partial charge in [-0.1, -0.05) is 44.2 Å². The van der Waals surface area contributed by atoms with Gasteiger partial charge in [-0.25, -0.2) is 0 Å². The summed E-state index contributed by atoms with van der Waals surface area (Å²) in [4.78, 5) is 16.6. The molecule has 1 aliphatic rings. The second-order valence-corrected chi connectivity index (χ2v) is 7.57. The van der Waals surface area contributed by atoms with E-state index in [9.17, 15) is 4.79 Å². The number of carbonyl (C=O) groups is 1. The van der Waals surface area contributed by atoms with Gasteiger partial charge in [-0.05, 0) is 49.9 Å². The molecule has 0 N–H and O–H groups in total. The van der Waals surface area contributed by atoms with E-state index in [0.717, 1.165) is 38.0 Å². The summed E-state index contributed by atoms with van der Waals surface area (Å²) in [6, 6.07) is 9.99. The molecular formula is C20H30N2O. The Balaban J connectivity index is 1.86. The van der Waals surface area contributed by atoms with Crippen LogP contribution < -0.4 is 0 Å². The van der Waals surface area contributed by atoms with Crippen molar-refractivity contribution in [1.82, 2.24) is 9.80 Å². The molecule has 3 heteroatoms. The van der Waals surface area contributed by atoms with Gasteiger partial charge in [0.05, 0.1) is 0 Å². The highest BCUT2D eigenvalue weighted by Crippen LogP contribution is 2.35. The zero-order chi connectivity index (χ0) is 16.9. The van der Waals surface area contributed by atoms with E-state index in [-0.39, 0.29) is 5.91 Å². The zero-order valence-corrected chi connectivity index (χ0v) is 15.0. The largest absolute Gasteiger partial charge is 0.339 e. The van der Waals surface area contributed by atoms with Crippen LogP contribution in [0.4, 0.5) is 0 Å². The van der Waals surface area contributed by atoms with Crippen LogP contribution in [0.5, 0.6) is 0 Å². The number of hydrogen-bond acceptors (Lipinski definition) is 2. The molecule has 126 valence electrons. The molecule has 1 amide bonds. The molecule has 0 aliphatic carbocycles. The van der Waals surface area contributed by atoms with Crippen LogP contribution in [0.2, 0.25) is 0 Å². The van der Waals surface area contributed by atoms with Gasteiger partial charge < -0.3 is 9.80 Å². The minimum absolute atomic E-state index is 0.137. The fourth-order valence-corrected chi connectivity index (χ4v) is 3.66. The lowest BCUT2D eigenvalue weighted by Gasteiger charge is -2.41. The number of amides is 1. The average Bonchev–Trinajstić information content (AvgIpc) is 2.52. The standard InChI is InChI=1S/C20H30N2O/c1-20(2,16-21(3)4)18-12-14-22(15-13-18)19(23)11-10-17-8-6-5-7-9-17/h5-11,18H,12-16H2,1-4H3/b11-10+. The van der Waals surface area contributed by atoms with Crippen molar-refractivity contribution in [2.75, 3.05) is 33.7 Å². The Kier molecular flexibility index (Phi) is 6.00. The van der Waals surface area contributed by atoms with E-state index < -0.39 is 0 Å². The van der Waals surface area contributed by atoms with E-state index in [1.807, 2.05) is 41.3 Å². The maximum absolute atomic E-state index is 12.3. The van der Waals surface area contributed by atoms with E-state index in [2.05, 4.69) is 32.8 Å². The number of likely N-dealkylation sites (tertiary alicyclic amines) is 1. The molecule has 3 nitrogen and oxygen atoms in total. The molecule has 0 bridgehead atoms. The SMILES string of the molecule is CN(C)CC(C)(C)C1CCN(C(=O)/C=C/c2ccccc2)CC1. The van der Waals surface area contributed by atoms with Gasteiger partial charge in [-0.3, -0.25) is 4.79 Å². The van der Waals surface area contributed by atoms with Gasteiger partial charge in [0.2, 0.25) is 5.91 Å². The van der Waals surface area contributed by atoms with Gasteiger partial charge in [0, 0.05) is 25.7 Å². The van der Waals surface area contributed by atoms with Gasteiger partial charge in [0.15, 0.2) is 0 Å². The van der Waals surface area contributed by atoms with Crippen molar-refractivity contribution >= 4 is 12.0 Å². The van der Waals surface area contributed by atoms with Crippen molar-refractivity contribution in [3.63, 3.8) is 0 Å². The summed E-state index contributed by atoms with van der Waals surface area (Å²) >= 11 is 0. The smallest absolute Gasteiger partial charge is 0.246 e. The summed E-state index contributed by atoms with van der Waals surface area (Å²) in [5, 5.41) is 0. The summed E-state index contributed by atoms with van der Waals surface area (Å²) in [5.74, 6) is 0.824. The molecule has 2 rings (SSSR count). The fourth-order valence-electron chi connectivity index (χ4n) is 3.66. The predicted molar refractivity (Wildman–Crippen MR) is 97.1 cm³/mol. The highest BCUT2D eigenvalue weighted by molar-refractivity contribution is 5.91. The summed E-state index contributed by atoms with van der Waals surface area (Å²) in [6.45, 7) is 7.55. The van der Waals surface area contributed by atoms with E-state index in [0.29, 0.717) is 11.3 Å². The van der Waals surface area contributed by atoms with Crippen LogP contribution in [0.25, 0.3) is 6.08 Å². The predicted octanol–water partition coefficient (Wildman–Crippen LogP) is 3.53. The summed E-state index contributed by atoms with van der Waals surface area (Å²) in [7, 11) is 4.27. The van der Waals surface area contributed by atoms with E-state index >= 15 is 0 Å². The van der Waals surface area contributed by atoms with Crippen LogP contribution in [0.15, 0.2) is 36.4 Å². The third-order valence-corrected chi connectivity index (χ3v) is 4.85. The Labute approximate surface area is 141 Å². The summed E-state index contributed by atoms with van der Waals surface area (Å²) in [6.07, 6.45) is 5.82. The minimum atomic E-state index is 0.137. The first-order valence-corrected chi connectivity index (χ1v) is 8.55. The molecule has 0 unspecified atom stereocenters. The molecule has 1 fully saturated rings. The monoisotopic (exact) mass is 314 g/mol. The highest BCUT2D eigenvalue weighted by Gasteiger charge is 2.33. The third-order valence-electron chi connectivity index (χ3n) is 4.85. The van der Waals surface area contributed by atoms with Crippen LogP contribution in [0.3, 0.4) is 0 Å². The second-order valence-electron chi connectivity index (χ2n) is 7.57. The average molecular weight is 314 g/mol. The first-order chi connectivity index (χ1) is 10.9. The van der Waals surface area contributed by atoms with Crippen LogP contribution >= 0.6 is 0 Å². The number of benzene rings is 1. The molecule has 1 aliphatic heterocycles. The number of hydrogen-bond donors (Lipinski definition) is 0. The van der Waals surface area contributed by atoms with Gasteiger partial charge in [0.1, 0.15) is 0 Å². The Bertz CT molecular complexity index is 526. The van der Waals surface area contributed by atoms with Crippen LogP contribution in [0.1, 0.15) is 32.3 Å². The molecule has 1 heterocycles. The number of carbonyl (C=O) groups excluding carboxylic acids is 1. The molecule has 0 aromatic heterocycles. The topological polar surface area (TPSA) is 23.6 Å². The third kappa shape index (κ3) is 5.21. The molecule has 0 atom stereocenters. The molecule has 1 aromatic rings. The Morgan fingerprint density at radius 2 is 1.83 bits per heavy atom. The van der Waals surface area contributed by atoms with Gasteiger partial charge >= 0.3 is 0 Å². The van der Waals surface area contributed by atoms with E-state index in [1.165, 1.54) is 0 Å². The number of piperidine rings is 1. The first-order valence-electron chi connectivity index (χ1n) is 8.55. The van der Waals surface area contributed by atoms with Crippen molar-refractivity contribution in [2.24, 2.45) is 11.3 Å². The van der Waals surface area contributed by atoms with Crippen molar-refractivity contribution < 1.29 is 4.79 Å². The first kappa shape index (κ1) is 17.7. The Hall–Kier alpha value is -1.61. The summed E-state index contributed by atoms with van der Waals surface area (Å²) < 4.78 is 0. The Morgan fingerprint density at radius 3 is 2.39 bits per heavy atom. The lowest BCUT2D eigenvalue weighted by atomic mass is 9.73. The van der Waals surface area contributed by atoms with Crippen LogP contribution in [0, 0.1) is 11.3 Å². The highest BCUT2D eigenvalue weighted by atomic mass is 16.2.